The van der Waals surface area contributed by atoms with Crippen molar-refractivity contribution in [3.05, 3.63) is 29.8 Å². The quantitative estimate of drug-likeness (QED) is 0.905. The van der Waals surface area contributed by atoms with Crippen molar-refractivity contribution >= 4 is 11.6 Å². The van der Waals surface area contributed by atoms with Gasteiger partial charge in [0.25, 0.3) is 0 Å². The maximum Gasteiger partial charge on any atom is 0.228 e. The summed E-state index contributed by atoms with van der Waals surface area (Å²) < 4.78 is 0. The van der Waals surface area contributed by atoms with Crippen molar-refractivity contribution in [2.45, 2.75) is 32.6 Å². The monoisotopic (exact) mass is 285 g/mol. The number of piperidine rings is 1. The molecule has 1 saturated heterocycles. The Hall–Kier alpha value is -1.86. The zero-order valence-electron chi connectivity index (χ0n) is 12.6. The summed E-state index contributed by atoms with van der Waals surface area (Å²) in [5, 5.41) is 11.7. The van der Waals surface area contributed by atoms with E-state index in [4.69, 9.17) is 5.26 Å². The number of benzene rings is 1. The Morgan fingerprint density at radius 3 is 3.05 bits per heavy atom. The molecule has 1 aliphatic rings. The summed E-state index contributed by atoms with van der Waals surface area (Å²) in [6.45, 7) is 4.62. The number of nitrogens with zero attached hydrogens (tertiary/aromatic N) is 2. The van der Waals surface area contributed by atoms with Crippen molar-refractivity contribution < 1.29 is 4.79 Å². The first-order valence-electron chi connectivity index (χ1n) is 7.72. The van der Waals surface area contributed by atoms with Gasteiger partial charge in [-0.25, -0.2) is 0 Å². The summed E-state index contributed by atoms with van der Waals surface area (Å²) in [6, 6.07) is 10.1. The highest BCUT2D eigenvalue weighted by Gasteiger charge is 2.25. The second-order valence-electron chi connectivity index (χ2n) is 5.55. The molecular formula is C17H23N3O. The minimum atomic E-state index is 0.0300. The predicted molar refractivity (Wildman–Crippen MR) is 83.8 cm³/mol. The van der Waals surface area contributed by atoms with Crippen LogP contribution in [0.15, 0.2) is 24.3 Å². The van der Waals surface area contributed by atoms with E-state index in [1.807, 2.05) is 18.2 Å². The fourth-order valence-electron chi connectivity index (χ4n) is 2.87. The fourth-order valence-corrected chi connectivity index (χ4v) is 2.87. The van der Waals surface area contributed by atoms with Crippen LogP contribution in [0.25, 0.3) is 0 Å². The molecule has 1 fully saturated rings. The molecule has 1 aliphatic heterocycles. The molecule has 0 radical (unpaired) electrons. The van der Waals surface area contributed by atoms with Crippen LogP contribution in [0, 0.1) is 17.2 Å². The molecule has 0 spiro atoms. The van der Waals surface area contributed by atoms with Crippen LogP contribution in [0.3, 0.4) is 0 Å². The molecule has 4 heteroatoms. The minimum absolute atomic E-state index is 0.0300. The Morgan fingerprint density at radius 1 is 1.48 bits per heavy atom. The van der Waals surface area contributed by atoms with Crippen molar-refractivity contribution in [2.75, 3.05) is 25.0 Å². The lowest BCUT2D eigenvalue weighted by atomic mass is 9.96. The smallest absolute Gasteiger partial charge is 0.228 e. The van der Waals surface area contributed by atoms with Gasteiger partial charge in [-0.15, -0.1) is 0 Å². The standard InChI is InChI=1S/C17H23N3O/c1-2-14-7-3-4-9-16(14)19-17(21)15-8-5-11-20(13-15)12-6-10-18/h3-4,7,9,15H,2,5-6,8,11-13H2,1H3,(H,19,21). The molecule has 1 unspecified atom stereocenters. The van der Waals surface area contributed by atoms with Crippen LogP contribution in [-0.4, -0.2) is 30.4 Å². The third-order valence-corrected chi connectivity index (χ3v) is 4.07. The van der Waals surface area contributed by atoms with Gasteiger partial charge in [-0.2, -0.15) is 5.26 Å². The number of hydrogen-bond acceptors (Lipinski definition) is 3. The van der Waals surface area contributed by atoms with Gasteiger partial charge >= 0.3 is 0 Å². The minimum Gasteiger partial charge on any atom is -0.326 e. The number of likely N-dealkylation sites (tertiary alicyclic amines) is 1. The van der Waals surface area contributed by atoms with Gasteiger partial charge in [0.1, 0.15) is 0 Å². The van der Waals surface area contributed by atoms with Crippen LogP contribution >= 0.6 is 0 Å². The largest absolute Gasteiger partial charge is 0.326 e. The highest BCUT2D eigenvalue weighted by molar-refractivity contribution is 5.93. The van der Waals surface area contributed by atoms with E-state index >= 15 is 0 Å². The molecule has 1 aromatic carbocycles. The first-order chi connectivity index (χ1) is 10.2. The van der Waals surface area contributed by atoms with Gasteiger partial charge in [-0.1, -0.05) is 25.1 Å². The fraction of sp³-hybridized carbons (Fsp3) is 0.529. The Labute approximate surface area is 126 Å². The molecule has 1 heterocycles. The molecule has 2 rings (SSSR count). The van der Waals surface area contributed by atoms with E-state index in [-0.39, 0.29) is 11.8 Å². The molecule has 1 aromatic rings. The zero-order chi connectivity index (χ0) is 15.1. The van der Waals surface area contributed by atoms with Gasteiger partial charge in [0, 0.05) is 25.2 Å². The number of para-hydroxylation sites is 1. The van der Waals surface area contributed by atoms with Crippen LogP contribution < -0.4 is 5.32 Å². The first kappa shape index (κ1) is 15.5. The molecule has 0 aliphatic carbocycles. The number of amides is 1. The van der Waals surface area contributed by atoms with E-state index in [1.165, 1.54) is 5.56 Å². The van der Waals surface area contributed by atoms with Crippen molar-refractivity contribution in [2.24, 2.45) is 5.92 Å². The van der Waals surface area contributed by atoms with Crippen LogP contribution in [0.1, 0.15) is 31.7 Å². The molecule has 4 nitrogen and oxygen atoms in total. The average Bonchev–Trinajstić information content (AvgIpc) is 2.53. The van der Waals surface area contributed by atoms with Crippen LogP contribution in [0.4, 0.5) is 5.69 Å². The number of carbonyl (C=O) groups excluding carboxylic acids is 1. The lowest BCUT2D eigenvalue weighted by molar-refractivity contribution is -0.121. The van der Waals surface area contributed by atoms with E-state index in [0.29, 0.717) is 6.42 Å². The van der Waals surface area contributed by atoms with Crippen molar-refractivity contribution in [1.82, 2.24) is 4.90 Å². The summed E-state index contributed by atoms with van der Waals surface area (Å²) in [6.07, 6.45) is 3.41. The molecule has 0 aromatic heterocycles. The van der Waals surface area contributed by atoms with Crippen molar-refractivity contribution in [3.63, 3.8) is 0 Å². The third-order valence-electron chi connectivity index (χ3n) is 4.07. The predicted octanol–water partition coefficient (Wildman–Crippen LogP) is 2.81. The van der Waals surface area contributed by atoms with E-state index in [0.717, 1.165) is 44.6 Å². The Bertz CT molecular complexity index is 521. The maximum atomic E-state index is 12.5. The highest BCUT2D eigenvalue weighted by atomic mass is 16.1. The molecule has 1 N–H and O–H groups in total. The second kappa shape index (κ2) is 7.80. The lowest BCUT2D eigenvalue weighted by Crippen LogP contribution is -2.41. The van der Waals surface area contributed by atoms with Crippen molar-refractivity contribution in [3.8, 4) is 6.07 Å². The summed E-state index contributed by atoms with van der Waals surface area (Å²) in [5.41, 5.74) is 2.10. The molecule has 0 bridgehead atoms. The van der Waals surface area contributed by atoms with Gasteiger partial charge in [-0.05, 0) is 37.4 Å². The number of nitrogens with one attached hydrogen (secondary N) is 1. The number of hydrogen-bond donors (Lipinski definition) is 1. The summed E-state index contributed by atoms with van der Waals surface area (Å²) in [4.78, 5) is 14.7. The molecule has 112 valence electrons. The zero-order valence-corrected chi connectivity index (χ0v) is 12.6. The number of nitriles is 1. The van der Waals surface area contributed by atoms with Gasteiger partial charge in [-0.3, -0.25) is 4.79 Å². The topological polar surface area (TPSA) is 56.1 Å². The Morgan fingerprint density at radius 2 is 2.29 bits per heavy atom. The molecule has 21 heavy (non-hydrogen) atoms. The summed E-state index contributed by atoms with van der Waals surface area (Å²) in [7, 11) is 0. The third kappa shape index (κ3) is 4.30. The number of rotatable bonds is 5. The van der Waals surface area contributed by atoms with Gasteiger partial charge in [0.2, 0.25) is 5.91 Å². The van der Waals surface area contributed by atoms with Crippen molar-refractivity contribution in [1.29, 1.82) is 5.26 Å². The summed E-state index contributed by atoms with van der Waals surface area (Å²) in [5.74, 6) is 0.139. The Kier molecular flexibility index (Phi) is 5.77. The summed E-state index contributed by atoms with van der Waals surface area (Å²) >= 11 is 0. The van der Waals surface area contributed by atoms with Crippen LogP contribution in [-0.2, 0) is 11.2 Å². The molecule has 1 amide bonds. The maximum absolute atomic E-state index is 12.5. The SMILES string of the molecule is CCc1ccccc1NC(=O)C1CCCN(CCC#N)C1. The van der Waals surface area contributed by atoms with E-state index < -0.39 is 0 Å². The second-order valence-corrected chi connectivity index (χ2v) is 5.55. The van der Waals surface area contributed by atoms with Crippen LogP contribution in [0.5, 0.6) is 0 Å². The number of anilines is 1. The molecule has 1 atom stereocenters. The Balaban J connectivity index is 1.95. The van der Waals surface area contributed by atoms with Gasteiger partial charge < -0.3 is 10.2 Å². The highest BCUT2D eigenvalue weighted by Crippen LogP contribution is 2.21. The molecule has 0 saturated carbocycles. The van der Waals surface area contributed by atoms with E-state index in [9.17, 15) is 4.79 Å². The van der Waals surface area contributed by atoms with E-state index in [1.54, 1.807) is 0 Å². The normalized spacial score (nSPS) is 19.0. The lowest BCUT2D eigenvalue weighted by Gasteiger charge is -2.31. The first-order valence-corrected chi connectivity index (χ1v) is 7.72. The number of aryl methyl sites for hydroxylation is 1. The average molecular weight is 285 g/mol. The number of carbonyl (C=O) groups is 1. The van der Waals surface area contributed by atoms with Crippen LogP contribution in [0.2, 0.25) is 0 Å². The molecular weight excluding hydrogens is 262 g/mol. The van der Waals surface area contributed by atoms with E-state index in [2.05, 4.69) is 29.3 Å². The van der Waals surface area contributed by atoms with Gasteiger partial charge in [0.05, 0.1) is 12.0 Å². The van der Waals surface area contributed by atoms with Gasteiger partial charge in [0.15, 0.2) is 0 Å².